The lowest BCUT2D eigenvalue weighted by atomic mass is 10.1. The zero-order valence-corrected chi connectivity index (χ0v) is 9.23. The molecule has 16 heavy (non-hydrogen) atoms. The van der Waals surface area contributed by atoms with E-state index in [9.17, 15) is 4.79 Å². The van der Waals surface area contributed by atoms with Crippen molar-refractivity contribution >= 4 is 5.97 Å². The maximum absolute atomic E-state index is 10.6. The molecule has 1 saturated heterocycles. The van der Waals surface area contributed by atoms with Crippen molar-refractivity contribution in [1.29, 1.82) is 0 Å². The summed E-state index contributed by atoms with van der Waals surface area (Å²) in [5.74, 6) is 0.0421. The molecule has 1 fully saturated rings. The van der Waals surface area contributed by atoms with E-state index in [4.69, 9.17) is 14.3 Å². The zero-order chi connectivity index (χ0) is 11.5. The smallest absolute Gasteiger partial charge is 0.311 e. The molecular weight excluding hydrogens is 210 g/mol. The number of nitrogens with zero attached hydrogens (tertiary/aromatic N) is 1. The summed E-state index contributed by atoms with van der Waals surface area (Å²) in [5.41, 5.74) is 0.645. The van der Waals surface area contributed by atoms with Gasteiger partial charge in [-0.25, -0.2) is 4.98 Å². The minimum atomic E-state index is -0.907. The average molecular weight is 225 g/mol. The number of ether oxygens (including phenoxy) is 1. The van der Waals surface area contributed by atoms with E-state index in [0.29, 0.717) is 17.3 Å². The molecule has 5 nitrogen and oxygen atoms in total. The molecule has 1 aliphatic heterocycles. The Bertz CT molecular complexity index is 379. The van der Waals surface area contributed by atoms with Gasteiger partial charge in [-0.1, -0.05) is 0 Å². The highest BCUT2D eigenvalue weighted by Gasteiger charge is 2.23. The fraction of sp³-hybridized carbons (Fsp3) is 0.636. The predicted molar refractivity (Wildman–Crippen MR) is 55.1 cm³/mol. The standard InChI is InChI=1S/C11H15NO4/c1-7-9(6-10(13)14)16-11(12-7)8-4-2-3-5-15-8/h8H,2-6H2,1H3,(H,13,14). The summed E-state index contributed by atoms with van der Waals surface area (Å²) in [7, 11) is 0. The van der Waals surface area contributed by atoms with Crippen molar-refractivity contribution in [3.63, 3.8) is 0 Å². The molecule has 1 aromatic rings. The van der Waals surface area contributed by atoms with E-state index in [2.05, 4.69) is 4.98 Å². The Balaban J connectivity index is 2.12. The van der Waals surface area contributed by atoms with Crippen LogP contribution in [0.15, 0.2) is 4.42 Å². The number of aryl methyl sites for hydroxylation is 1. The first kappa shape index (κ1) is 11.1. The molecular formula is C11H15NO4. The molecule has 1 atom stereocenters. The Labute approximate surface area is 93.4 Å². The maximum atomic E-state index is 10.6. The third-order valence-corrected chi connectivity index (χ3v) is 2.68. The Morgan fingerprint density at radius 3 is 3.00 bits per heavy atom. The molecule has 0 radical (unpaired) electrons. The first-order valence-electron chi connectivity index (χ1n) is 5.46. The van der Waals surface area contributed by atoms with Crippen LogP contribution in [0.3, 0.4) is 0 Å². The van der Waals surface area contributed by atoms with Gasteiger partial charge in [-0.3, -0.25) is 4.79 Å². The van der Waals surface area contributed by atoms with Gasteiger partial charge in [-0.05, 0) is 26.2 Å². The van der Waals surface area contributed by atoms with Crippen LogP contribution in [0.5, 0.6) is 0 Å². The monoisotopic (exact) mass is 225 g/mol. The molecule has 2 rings (SSSR count). The van der Waals surface area contributed by atoms with Crippen molar-refractivity contribution in [2.75, 3.05) is 6.61 Å². The Morgan fingerprint density at radius 1 is 1.56 bits per heavy atom. The first-order valence-corrected chi connectivity index (χ1v) is 5.46. The molecule has 1 aromatic heterocycles. The van der Waals surface area contributed by atoms with Crippen LogP contribution in [0, 0.1) is 6.92 Å². The number of aromatic nitrogens is 1. The van der Waals surface area contributed by atoms with Crippen LogP contribution in [0.2, 0.25) is 0 Å². The van der Waals surface area contributed by atoms with Gasteiger partial charge in [0.1, 0.15) is 18.3 Å². The van der Waals surface area contributed by atoms with Crippen molar-refractivity contribution in [3.05, 3.63) is 17.3 Å². The molecule has 1 aliphatic rings. The molecule has 1 N–H and O–H groups in total. The number of rotatable bonds is 3. The highest BCUT2D eigenvalue weighted by atomic mass is 16.5. The number of carbonyl (C=O) groups is 1. The molecule has 0 saturated carbocycles. The van der Waals surface area contributed by atoms with Gasteiger partial charge in [0.05, 0.1) is 5.69 Å². The van der Waals surface area contributed by atoms with E-state index in [1.54, 1.807) is 6.92 Å². The quantitative estimate of drug-likeness (QED) is 0.849. The van der Waals surface area contributed by atoms with Gasteiger partial charge in [0.25, 0.3) is 0 Å². The Morgan fingerprint density at radius 2 is 2.38 bits per heavy atom. The molecule has 88 valence electrons. The molecule has 1 unspecified atom stereocenters. The topological polar surface area (TPSA) is 72.6 Å². The van der Waals surface area contributed by atoms with Crippen molar-refractivity contribution in [2.24, 2.45) is 0 Å². The number of hydrogen-bond donors (Lipinski definition) is 1. The summed E-state index contributed by atoms with van der Waals surface area (Å²) in [6.07, 6.45) is 2.84. The minimum Gasteiger partial charge on any atom is -0.481 e. The van der Waals surface area contributed by atoms with Gasteiger partial charge < -0.3 is 14.3 Å². The summed E-state index contributed by atoms with van der Waals surface area (Å²) in [6.45, 7) is 2.48. The number of carboxylic acid groups (broad SMARTS) is 1. The van der Waals surface area contributed by atoms with Crippen LogP contribution in [-0.4, -0.2) is 22.7 Å². The van der Waals surface area contributed by atoms with Crippen LogP contribution in [0.25, 0.3) is 0 Å². The van der Waals surface area contributed by atoms with Crippen molar-refractivity contribution in [3.8, 4) is 0 Å². The molecule has 0 aliphatic carbocycles. The Hall–Kier alpha value is -1.36. The lowest BCUT2D eigenvalue weighted by Crippen LogP contribution is -2.11. The number of aliphatic carboxylic acids is 1. The third-order valence-electron chi connectivity index (χ3n) is 2.68. The predicted octanol–water partition coefficient (Wildman–Crippen LogP) is 1.85. The lowest BCUT2D eigenvalue weighted by molar-refractivity contribution is -0.136. The Kier molecular flexibility index (Phi) is 3.24. The van der Waals surface area contributed by atoms with Crippen LogP contribution in [0.4, 0.5) is 0 Å². The van der Waals surface area contributed by atoms with Gasteiger partial charge in [0, 0.05) is 6.61 Å². The zero-order valence-electron chi connectivity index (χ0n) is 9.23. The van der Waals surface area contributed by atoms with Gasteiger partial charge in [0.2, 0.25) is 5.89 Å². The maximum Gasteiger partial charge on any atom is 0.311 e. The van der Waals surface area contributed by atoms with E-state index in [0.717, 1.165) is 25.9 Å². The van der Waals surface area contributed by atoms with Gasteiger partial charge in [0.15, 0.2) is 0 Å². The second kappa shape index (κ2) is 4.65. The van der Waals surface area contributed by atoms with E-state index < -0.39 is 5.97 Å². The molecule has 5 heteroatoms. The van der Waals surface area contributed by atoms with Crippen molar-refractivity contribution in [1.82, 2.24) is 4.98 Å². The van der Waals surface area contributed by atoms with Crippen LogP contribution in [0.1, 0.15) is 42.7 Å². The fourth-order valence-electron chi connectivity index (χ4n) is 1.83. The number of carboxylic acids is 1. The normalized spacial score (nSPS) is 20.9. The molecule has 2 heterocycles. The lowest BCUT2D eigenvalue weighted by Gasteiger charge is -2.19. The minimum absolute atomic E-state index is 0.102. The second-order valence-electron chi connectivity index (χ2n) is 3.99. The van der Waals surface area contributed by atoms with E-state index in [1.165, 1.54) is 0 Å². The highest BCUT2D eigenvalue weighted by molar-refractivity contribution is 5.69. The van der Waals surface area contributed by atoms with Crippen LogP contribution < -0.4 is 0 Å². The third kappa shape index (κ3) is 2.41. The summed E-state index contributed by atoms with van der Waals surface area (Å²) in [4.78, 5) is 14.8. The van der Waals surface area contributed by atoms with E-state index >= 15 is 0 Å². The van der Waals surface area contributed by atoms with Gasteiger partial charge in [-0.15, -0.1) is 0 Å². The first-order chi connectivity index (χ1) is 7.66. The van der Waals surface area contributed by atoms with E-state index in [-0.39, 0.29) is 12.5 Å². The molecule has 0 bridgehead atoms. The number of hydrogen-bond acceptors (Lipinski definition) is 4. The largest absolute Gasteiger partial charge is 0.481 e. The van der Waals surface area contributed by atoms with Crippen molar-refractivity contribution < 1.29 is 19.1 Å². The fourth-order valence-corrected chi connectivity index (χ4v) is 1.83. The second-order valence-corrected chi connectivity index (χ2v) is 3.99. The van der Waals surface area contributed by atoms with Crippen LogP contribution >= 0.6 is 0 Å². The molecule has 0 aromatic carbocycles. The highest BCUT2D eigenvalue weighted by Crippen LogP contribution is 2.28. The average Bonchev–Trinajstić information content (AvgIpc) is 2.61. The summed E-state index contributed by atoms with van der Waals surface area (Å²) < 4.78 is 11.0. The SMILES string of the molecule is Cc1nc(C2CCCCO2)oc1CC(=O)O. The summed E-state index contributed by atoms with van der Waals surface area (Å²) in [6, 6.07) is 0. The summed E-state index contributed by atoms with van der Waals surface area (Å²) in [5, 5.41) is 8.69. The molecule has 0 spiro atoms. The summed E-state index contributed by atoms with van der Waals surface area (Å²) >= 11 is 0. The van der Waals surface area contributed by atoms with E-state index in [1.807, 2.05) is 0 Å². The van der Waals surface area contributed by atoms with Crippen LogP contribution in [-0.2, 0) is 16.0 Å². The van der Waals surface area contributed by atoms with Crippen molar-refractivity contribution in [2.45, 2.75) is 38.7 Å². The van der Waals surface area contributed by atoms with Gasteiger partial charge >= 0.3 is 5.97 Å². The van der Waals surface area contributed by atoms with Gasteiger partial charge in [-0.2, -0.15) is 0 Å². The number of oxazole rings is 1. The molecule has 0 amide bonds.